The molecule has 1 atom stereocenters. The second-order valence-corrected chi connectivity index (χ2v) is 10.4. The lowest BCUT2D eigenvalue weighted by Crippen LogP contribution is -2.43. The third-order valence-electron chi connectivity index (χ3n) is 5.43. The zero-order chi connectivity index (χ0) is 22.7. The lowest BCUT2D eigenvalue weighted by Gasteiger charge is -2.24. The molecule has 1 fully saturated rings. The molecule has 2 heterocycles. The Labute approximate surface area is 191 Å². The predicted octanol–water partition coefficient (Wildman–Crippen LogP) is 3.82. The number of carbonyl (C=O) groups is 2. The summed E-state index contributed by atoms with van der Waals surface area (Å²) in [6.07, 6.45) is 1.31. The van der Waals surface area contributed by atoms with E-state index < -0.39 is 16.1 Å². The first-order valence-corrected chi connectivity index (χ1v) is 12.5. The highest BCUT2D eigenvalue weighted by molar-refractivity contribution is 7.92. The second kappa shape index (κ2) is 9.13. The Hall–Kier alpha value is -3.17. The summed E-state index contributed by atoms with van der Waals surface area (Å²) in [6, 6.07) is 17.9. The number of rotatable bonds is 6. The number of hydrogen-bond acceptors (Lipinski definition) is 5. The number of carbonyl (C=O) groups excluding carboxylic acids is 2. The number of sulfonamides is 1. The molecule has 166 valence electrons. The normalized spacial score (nSPS) is 16.0. The van der Waals surface area contributed by atoms with E-state index in [2.05, 4.69) is 5.32 Å². The van der Waals surface area contributed by atoms with E-state index in [1.807, 2.05) is 11.4 Å². The van der Waals surface area contributed by atoms with Gasteiger partial charge in [0.2, 0.25) is 5.91 Å². The van der Waals surface area contributed by atoms with Crippen molar-refractivity contribution in [3.05, 3.63) is 77.0 Å². The smallest absolute Gasteiger partial charge is 0.264 e. The van der Waals surface area contributed by atoms with Gasteiger partial charge in [0.1, 0.15) is 6.04 Å². The molecule has 32 heavy (non-hydrogen) atoms. The summed E-state index contributed by atoms with van der Waals surface area (Å²) in [5.41, 5.74) is 0.906. The predicted molar refractivity (Wildman–Crippen MR) is 125 cm³/mol. The van der Waals surface area contributed by atoms with Gasteiger partial charge < -0.3 is 10.2 Å². The van der Waals surface area contributed by atoms with Crippen LogP contribution < -0.4 is 9.62 Å². The van der Waals surface area contributed by atoms with E-state index in [9.17, 15) is 18.0 Å². The van der Waals surface area contributed by atoms with Crippen molar-refractivity contribution in [2.45, 2.75) is 23.8 Å². The molecule has 1 saturated heterocycles. The van der Waals surface area contributed by atoms with Crippen LogP contribution in [0, 0.1) is 0 Å². The molecule has 1 aliphatic heterocycles. The van der Waals surface area contributed by atoms with Gasteiger partial charge in [-0.2, -0.15) is 0 Å². The van der Waals surface area contributed by atoms with E-state index >= 15 is 0 Å². The van der Waals surface area contributed by atoms with Crippen LogP contribution in [0.5, 0.6) is 0 Å². The maximum absolute atomic E-state index is 13.1. The average Bonchev–Trinajstić information content (AvgIpc) is 3.51. The van der Waals surface area contributed by atoms with Gasteiger partial charge in [-0.3, -0.25) is 13.9 Å². The van der Waals surface area contributed by atoms with Crippen LogP contribution >= 0.6 is 11.3 Å². The fourth-order valence-electron chi connectivity index (χ4n) is 3.72. The van der Waals surface area contributed by atoms with E-state index in [-0.39, 0.29) is 16.7 Å². The Bertz CT molecular complexity index is 1210. The van der Waals surface area contributed by atoms with Crippen molar-refractivity contribution in [2.24, 2.45) is 0 Å². The van der Waals surface area contributed by atoms with Gasteiger partial charge in [-0.1, -0.05) is 30.3 Å². The number of nitrogens with zero attached hydrogens (tertiary/aromatic N) is 2. The van der Waals surface area contributed by atoms with Gasteiger partial charge in [0, 0.05) is 19.3 Å². The van der Waals surface area contributed by atoms with Crippen LogP contribution in [0.2, 0.25) is 0 Å². The molecule has 9 heteroatoms. The van der Waals surface area contributed by atoms with Crippen molar-refractivity contribution in [3.8, 4) is 0 Å². The largest absolute Gasteiger partial charge is 0.326 e. The van der Waals surface area contributed by atoms with E-state index in [0.717, 1.165) is 6.42 Å². The quantitative estimate of drug-likeness (QED) is 0.595. The summed E-state index contributed by atoms with van der Waals surface area (Å²) in [6.45, 7) is 0.519. The van der Waals surface area contributed by atoms with Gasteiger partial charge in [-0.15, -0.1) is 11.3 Å². The number of likely N-dealkylation sites (tertiary alicyclic amines) is 1. The molecule has 2 amide bonds. The number of benzene rings is 2. The van der Waals surface area contributed by atoms with E-state index in [1.165, 1.54) is 34.8 Å². The number of para-hydroxylation sites is 1. The molecule has 7 nitrogen and oxygen atoms in total. The van der Waals surface area contributed by atoms with Gasteiger partial charge in [0.25, 0.3) is 15.9 Å². The van der Waals surface area contributed by atoms with Crippen molar-refractivity contribution >= 4 is 44.5 Å². The molecule has 2 aromatic carbocycles. The standard InChI is InChI=1S/C23H23N3O4S2/c1-25(18-9-3-2-4-10-18)32(29,30)19-11-5-8-17(16-19)24-22(27)20-12-6-14-26(20)23(28)21-13-7-15-31-21/h2-5,7-11,13,15-16,20H,6,12,14H2,1H3,(H,24,27). The Balaban J connectivity index is 1.51. The minimum atomic E-state index is -3.80. The molecule has 0 saturated carbocycles. The average molecular weight is 470 g/mol. The summed E-state index contributed by atoms with van der Waals surface area (Å²) >= 11 is 1.35. The number of thiophene rings is 1. The Morgan fingerprint density at radius 2 is 1.84 bits per heavy atom. The maximum atomic E-state index is 13.1. The molecule has 4 rings (SSSR count). The number of hydrogen-bond donors (Lipinski definition) is 1. The van der Waals surface area contributed by atoms with Crippen molar-refractivity contribution in [1.82, 2.24) is 4.90 Å². The molecule has 0 spiro atoms. The van der Waals surface area contributed by atoms with Crippen molar-refractivity contribution in [1.29, 1.82) is 0 Å². The van der Waals surface area contributed by atoms with Crippen LogP contribution in [0.1, 0.15) is 22.5 Å². The molecule has 3 aromatic rings. The molecule has 0 radical (unpaired) electrons. The highest BCUT2D eigenvalue weighted by Crippen LogP contribution is 2.26. The molecular weight excluding hydrogens is 446 g/mol. The first-order chi connectivity index (χ1) is 15.4. The van der Waals surface area contributed by atoms with Gasteiger partial charge in [-0.05, 0) is 54.6 Å². The van der Waals surface area contributed by atoms with Crippen LogP contribution in [-0.2, 0) is 14.8 Å². The lowest BCUT2D eigenvalue weighted by atomic mass is 10.2. The summed E-state index contributed by atoms with van der Waals surface area (Å²) in [4.78, 5) is 28.0. The molecule has 1 aliphatic rings. The zero-order valence-electron chi connectivity index (χ0n) is 17.5. The van der Waals surface area contributed by atoms with Gasteiger partial charge >= 0.3 is 0 Å². The van der Waals surface area contributed by atoms with Crippen LogP contribution in [0.3, 0.4) is 0 Å². The molecule has 1 N–H and O–H groups in total. The summed E-state index contributed by atoms with van der Waals surface area (Å²) < 4.78 is 27.3. The van der Waals surface area contributed by atoms with Crippen molar-refractivity contribution in [2.75, 3.05) is 23.2 Å². The Kier molecular flexibility index (Phi) is 6.29. The minimum absolute atomic E-state index is 0.0691. The topological polar surface area (TPSA) is 86.8 Å². The summed E-state index contributed by atoms with van der Waals surface area (Å²) in [7, 11) is -2.32. The third kappa shape index (κ3) is 4.39. The van der Waals surface area contributed by atoms with Crippen LogP contribution in [0.25, 0.3) is 0 Å². The van der Waals surface area contributed by atoms with E-state index in [0.29, 0.717) is 29.2 Å². The number of nitrogens with one attached hydrogen (secondary N) is 1. The van der Waals surface area contributed by atoms with Crippen LogP contribution in [-0.4, -0.2) is 44.8 Å². The fraction of sp³-hybridized carbons (Fsp3) is 0.217. The first kappa shape index (κ1) is 22.0. The maximum Gasteiger partial charge on any atom is 0.264 e. The van der Waals surface area contributed by atoms with Crippen LogP contribution in [0.15, 0.2) is 77.0 Å². The second-order valence-electron chi connectivity index (χ2n) is 7.46. The van der Waals surface area contributed by atoms with Crippen molar-refractivity contribution in [3.63, 3.8) is 0 Å². The third-order valence-corrected chi connectivity index (χ3v) is 8.07. The first-order valence-electron chi connectivity index (χ1n) is 10.2. The number of amides is 2. The van der Waals surface area contributed by atoms with Gasteiger partial charge in [0.05, 0.1) is 15.5 Å². The lowest BCUT2D eigenvalue weighted by molar-refractivity contribution is -0.119. The van der Waals surface area contributed by atoms with Gasteiger partial charge in [-0.25, -0.2) is 8.42 Å². The SMILES string of the molecule is CN(c1ccccc1)S(=O)(=O)c1cccc(NC(=O)C2CCCN2C(=O)c2cccs2)c1. The summed E-state index contributed by atoms with van der Waals surface area (Å²) in [5, 5.41) is 4.62. The van der Waals surface area contributed by atoms with Crippen LogP contribution in [0.4, 0.5) is 11.4 Å². The van der Waals surface area contributed by atoms with E-state index in [1.54, 1.807) is 53.4 Å². The molecule has 1 unspecified atom stereocenters. The summed E-state index contributed by atoms with van der Waals surface area (Å²) in [5.74, 6) is -0.475. The monoisotopic (exact) mass is 469 g/mol. The zero-order valence-corrected chi connectivity index (χ0v) is 19.1. The Morgan fingerprint density at radius 1 is 1.06 bits per heavy atom. The van der Waals surface area contributed by atoms with Gasteiger partial charge in [0.15, 0.2) is 0 Å². The van der Waals surface area contributed by atoms with Crippen molar-refractivity contribution < 1.29 is 18.0 Å². The molecule has 1 aromatic heterocycles. The fourth-order valence-corrected chi connectivity index (χ4v) is 5.64. The highest BCUT2D eigenvalue weighted by atomic mass is 32.2. The minimum Gasteiger partial charge on any atom is -0.326 e. The van der Waals surface area contributed by atoms with E-state index in [4.69, 9.17) is 0 Å². The molecule has 0 bridgehead atoms. The molecule has 0 aliphatic carbocycles. The Morgan fingerprint density at radius 3 is 2.56 bits per heavy atom. The molecular formula is C23H23N3O4S2. The highest BCUT2D eigenvalue weighted by Gasteiger charge is 2.35. The number of anilines is 2.